The van der Waals surface area contributed by atoms with Gasteiger partial charge in [-0.2, -0.15) is 13.2 Å². The minimum Gasteiger partial charge on any atom is -0.417 e. The molecule has 12 heavy (non-hydrogen) atoms. The second kappa shape index (κ2) is 3.71. The van der Waals surface area contributed by atoms with Crippen molar-refractivity contribution in [2.24, 2.45) is 0 Å². The van der Waals surface area contributed by atoms with Crippen molar-refractivity contribution < 1.29 is 17.4 Å². The maximum absolute atomic E-state index is 11.6. The lowest BCUT2D eigenvalue weighted by molar-refractivity contribution is -0.0369. The van der Waals surface area contributed by atoms with Crippen LogP contribution in [0.25, 0.3) is 0 Å². The molecule has 1 nitrogen and oxygen atoms in total. The summed E-state index contributed by atoms with van der Waals surface area (Å²) >= 11 is -0.513. The maximum atomic E-state index is 11.6. The highest BCUT2D eigenvalue weighted by Crippen LogP contribution is 2.32. The molecular weight excluding hydrogens is 189 g/mol. The Morgan fingerprint density at radius 1 is 1.08 bits per heavy atom. The van der Waals surface area contributed by atoms with Crippen LogP contribution in [0.5, 0.6) is 5.75 Å². The van der Waals surface area contributed by atoms with Gasteiger partial charge in [0, 0.05) is 0 Å². The van der Waals surface area contributed by atoms with Gasteiger partial charge in [-0.05, 0) is 12.1 Å². The summed E-state index contributed by atoms with van der Waals surface area (Å²) in [5.74, 6) is 0.194. The van der Waals surface area contributed by atoms with E-state index in [1.807, 2.05) is 0 Å². The van der Waals surface area contributed by atoms with Crippen molar-refractivity contribution in [3.63, 3.8) is 0 Å². The van der Waals surface area contributed by atoms with Gasteiger partial charge in [0.15, 0.2) is 12.0 Å². The standard InChI is InChI=1S/C7H5F3OS/c8-7(9,10)12-11-6-4-2-1-3-5-6/h1-5H. The predicted molar refractivity (Wildman–Crippen MR) is 40.7 cm³/mol. The van der Waals surface area contributed by atoms with E-state index >= 15 is 0 Å². The molecule has 0 saturated heterocycles. The summed E-state index contributed by atoms with van der Waals surface area (Å²) in [5.41, 5.74) is -4.35. The van der Waals surface area contributed by atoms with Gasteiger partial charge in [0.25, 0.3) is 0 Å². The van der Waals surface area contributed by atoms with E-state index < -0.39 is 17.6 Å². The van der Waals surface area contributed by atoms with E-state index in [9.17, 15) is 13.2 Å². The highest BCUT2D eigenvalue weighted by Gasteiger charge is 2.31. The molecule has 1 aromatic rings. The van der Waals surface area contributed by atoms with Gasteiger partial charge < -0.3 is 4.18 Å². The van der Waals surface area contributed by atoms with E-state index in [4.69, 9.17) is 0 Å². The van der Waals surface area contributed by atoms with Crippen molar-refractivity contribution in [1.82, 2.24) is 0 Å². The zero-order valence-corrected chi connectivity index (χ0v) is 6.65. The molecule has 0 unspecified atom stereocenters. The molecular formula is C7H5F3OS. The van der Waals surface area contributed by atoms with Crippen molar-refractivity contribution in [2.75, 3.05) is 0 Å². The van der Waals surface area contributed by atoms with E-state index in [-0.39, 0.29) is 5.75 Å². The highest BCUT2D eigenvalue weighted by atomic mass is 32.2. The lowest BCUT2D eigenvalue weighted by atomic mass is 10.3. The molecule has 0 aliphatic carbocycles. The molecule has 0 heterocycles. The smallest absolute Gasteiger partial charge is 0.417 e. The fraction of sp³-hybridized carbons (Fsp3) is 0.143. The molecule has 1 rings (SSSR count). The molecule has 0 fully saturated rings. The molecule has 0 spiro atoms. The third-order valence-corrected chi connectivity index (χ3v) is 1.44. The zero-order chi connectivity index (χ0) is 9.03. The normalized spacial score (nSPS) is 11.2. The number of para-hydroxylation sites is 1. The Hall–Kier alpha value is -0.840. The SMILES string of the molecule is FC(F)(F)SOc1ccccc1. The van der Waals surface area contributed by atoms with Gasteiger partial charge in [-0.25, -0.2) is 0 Å². The van der Waals surface area contributed by atoms with Crippen LogP contribution < -0.4 is 4.18 Å². The molecule has 66 valence electrons. The lowest BCUT2D eigenvalue weighted by Crippen LogP contribution is -2.02. The van der Waals surface area contributed by atoms with Gasteiger partial charge in [-0.15, -0.1) is 0 Å². The van der Waals surface area contributed by atoms with Gasteiger partial charge in [-0.3, -0.25) is 0 Å². The fourth-order valence-electron chi connectivity index (χ4n) is 0.571. The monoisotopic (exact) mass is 194 g/mol. The molecule has 0 atom stereocenters. The quantitative estimate of drug-likeness (QED) is 0.668. The first-order valence-corrected chi connectivity index (χ1v) is 3.79. The van der Waals surface area contributed by atoms with Crippen molar-refractivity contribution >= 4 is 12.0 Å². The molecule has 0 aliphatic rings. The van der Waals surface area contributed by atoms with E-state index in [0.717, 1.165) is 0 Å². The van der Waals surface area contributed by atoms with Gasteiger partial charge >= 0.3 is 5.51 Å². The maximum Gasteiger partial charge on any atom is 0.479 e. The summed E-state index contributed by atoms with van der Waals surface area (Å²) in [7, 11) is 0. The summed E-state index contributed by atoms with van der Waals surface area (Å²) in [5, 5.41) is 0. The molecule has 5 heteroatoms. The van der Waals surface area contributed by atoms with Gasteiger partial charge in [0.2, 0.25) is 0 Å². The number of alkyl halides is 3. The average molecular weight is 194 g/mol. The van der Waals surface area contributed by atoms with Crippen molar-refractivity contribution in [3.8, 4) is 5.75 Å². The van der Waals surface area contributed by atoms with E-state index in [0.29, 0.717) is 0 Å². The second-order valence-electron chi connectivity index (χ2n) is 1.93. The van der Waals surface area contributed by atoms with Crippen LogP contribution in [-0.2, 0) is 0 Å². The summed E-state index contributed by atoms with van der Waals surface area (Å²) < 4.78 is 39.1. The first-order chi connectivity index (χ1) is 5.58. The molecule has 0 N–H and O–H groups in total. The summed E-state index contributed by atoms with van der Waals surface area (Å²) in [6, 6.07) is 7.82. The van der Waals surface area contributed by atoms with Crippen molar-refractivity contribution in [1.29, 1.82) is 0 Å². The molecule has 0 saturated carbocycles. The Balaban J connectivity index is 2.44. The van der Waals surface area contributed by atoms with E-state index in [1.54, 1.807) is 18.2 Å². The van der Waals surface area contributed by atoms with Gasteiger partial charge in [-0.1, -0.05) is 18.2 Å². The van der Waals surface area contributed by atoms with Crippen LogP contribution in [0.2, 0.25) is 0 Å². The van der Waals surface area contributed by atoms with Crippen LogP contribution in [0.1, 0.15) is 0 Å². The van der Waals surface area contributed by atoms with Gasteiger partial charge in [0.1, 0.15) is 5.75 Å². The second-order valence-corrected chi connectivity index (χ2v) is 2.72. The third-order valence-electron chi connectivity index (χ3n) is 0.976. The summed E-state index contributed by atoms with van der Waals surface area (Å²) in [4.78, 5) is 0. The van der Waals surface area contributed by atoms with Crippen LogP contribution in [0.4, 0.5) is 13.2 Å². The van der Waals surface area contributed by atoms with E-state index in [2.05, 4.69) is 4.18 Å². The van der Waals surface area contributed by atoms with Crippen LogP contribution in [0, 0.1) is 0 Å². The third kappa shape index (κ3) is 3.52. The number of hydrogen-bond donors (Lipinski definition) is 0. The van der Waals surface area contributed by atoms with Crippen molar-refractivity contribution in [2.45, 2.75) is 5.51 Å². The van der Waals surface area contributed by atoms with Crippen LogP contribution in [0.3, 0.4) is 0 Å². The van der Waals surface area contributed by atoms with E-state index in [1.165, 1.54) is 12.1 Å². The minimum atomic E-state index is -4.35. The molecule has 0 aliphatic heterocycles. The van der Waals surface area contributed by atoms with Crippen molar-refractivity contribution in [3.05, 3.63) is 30.3 Å². The minimum absolute atomic E-state index is 0.194. The molecule has 0 radical (unpaired) electrons. The predicted octanol–water partition coefficient (Wildman–Crippen LogP) is 3.23. The molecule has 0 bridgehead atoms. The zero-order valence-electron chi connectivity index (χ0n) is 5.84. The average Bonchev–Trinajstić information content (AvgIpc) is 2.02. The summed E-state index contributed by atoms with van der Waals surface area (Å²) in [6.07, 6.45) is 0. The first-order valence-electron chi connectivity index (χ1n) is 3.05. The fourth-order valence-corrected chi connectivity index (χ4v) is 0.873. The number of hydrogen-bond acceptors (Lipinski definition) is 2. The number of benzene rings is 1. The lowest BCUT2D eigenvalue weighted by Gasteiger charge is -2.05. The van der Waals surface area contributed by atoms with Gasteiger partial charge in [0.05, 0.1) is 0 Å². The Kier molecular flexibility index (Phi) is 2.86. The first kappa shape index (κ1) is 9.25. The largest absolute Gasteiger partial charge is 0.479 e. The Morgan fingerprint density at radius 2 is 1.67 bits per heavy atom. The molecule has 0 aromatic heterocycles. The topological polar surface area (TPSA) is 9.23 Å². The Labute approximate surface area is 71.7 Å². The van der Waals surface area contributed by atoms with Crippen LogP contribution in [0.15, 0.2) is 30.3 Å². The highest BCUT2D eigenvalue weighted by molar-refractivity contribution is 7.95. The van der Waals surface area contributed by atoms with Crippen LogP contribution >= 0.6 is 12.0 Å². The Bertz CT molecular complexity index is 234. The molecule has 1 aromatic carbocycles. The Morgan fingerprint density at radius 3 is 2.17 bits per heavy atom. The summed E-state index contributed by atoms with van der Waals surface area (Å²) in [6.45, 7) is 0. The van der Waals surface area contributed by atoms with Crippen LogP contribution in [-0.4, -0.2) is 5.51 Å². The molecule has 0 amide bonds. The number of rotatable bonds is 2. The number of halogens is 3.